The fraction of sp³-hybridized carbons (Fsp3) is 0.857. The van der Waals surface area contributed by atoms with Gasteiger partial charge in [0.05, 0.1) is 0 Å². The van der Waals surface area contributed by atoms with Crippen molar-refractivity contribution in [3.05, 3.63) is 10.0 Å². The van der Waals surface area contributed by atoms with Crippen molar-refractivity contribution in [1.29, 1.82) is 0 Å². The third-order valence-corrected chi connectivity index (χ3v) is 5.60. The summed E-state index contributed by atoms with van der Waals surface area (Å²) in [6, 6.07) is 0. The molecular formula is C14H23N3S. The third-order valence-electron chi connectivity index (χ3n) is 4.60. The molecule has 2 aliphatic rings. The van der Waals surface area contributed by atoms with Crippen LogP contribution in [0.3, 0.4) is 0 Å². The number of hydrogen-bond donors (Lipinski definition) is 1. The van der Waals surface area contributed by atoms with Crippen LogP contribution in [0.2, 0.25) is 0 Å². The average Bonchev–Trinajstić information content (AvgIpc) is 3.06. The molecule has 1 heterocycles. The summed E-state index contributed by atoms with van der Waals surface area (Å²) >= 11 is 1.84. The summed E-state index contributed by atoms with van der Waals surface area (Å²) in [7, 11) is 0. The average molecular weight is 265 g/mol. The van der Waals surface area contributed by atoms with Gasteiger partial charge < -0.3 is 5.32 Å². The van der Waals surface area contributed by atoms with E-state index in [1.165, 1.54) is 42.1 Å². The summed E-state index contributed by atoms with van der Waals surface area (Å²) in [5, 5.41) is 14.5. The molecule has 3 nitrogen and oxygen atoms in total. The molecule has 100 valence electrons. The van der Waals surface area contributed by atoms with E-state index in [1.54, 1.807) is 0 Å². The largest absolute Gasteiger partial charge is 0.317 e. The van der Waals surface area contributed by atoms with Gasteiger partial charge in [-0.3, -0.25) is 0 Å². The lowest BCUT2D eigenvalue weighted by atomic mass is 9.87. The fourth-order valence-electron chi connectivity index (χ4n) is 3.69. The van der Waals surface area contributed by atoms with Gasteiger partial charge in [0.1, 0.15) is 10.0 Å². The van der Waals surface area contributed by atoms with Gasteiger partial charge in [0.2, 0.25) is 0 Å². The van der Waals surface area contributed by atoms with Crippen LogP contribution in [-0.4, -0.2) is 23.3 Å². The van der Waals surface area contributed by atoms with Gasteiger partial charge >= 0.3 is 0 Å². The lowest BCUT2D eigenvalue weighted by Crippen LogP contribution is -2.15. The molecule has 2 aliphatic carbocycles. The van der Waals surface area contributed by atoms with Crippen LogP contribution in [-0.2, 0) is 12.8 Å². The van der Waals surface area contributed by atoms with Crippen LogP contribution in [0.25, 0.3) is 0 Å². The second-order valence-electron chi connectivity index (χ2n) is 5.83. The zero-order valence-corrected chi connectivity index (χ0v) is 12.0. The number of rotatable bonds is 6. The quantitative estimate of drug-likeness (QED) is 0.804. The Balaban J connectivity index is 1.51. The summed E-state index contributed by atoms with van der Waals surface area (Å²) < 4.78 is 0. The molecule has 0 saturated heterocycles. The van der Waals surface area contributed by atoms with Gasteiger partial charge in [0, 0.05) is 19.4 Å². The minimum absolute atomic E-state index is 0.915. The first-order chi connectivity index (χ1) is 8.85. The SMILES string of the molecule is CCNCCc1nnc(CC2CC3CCC2C3)s1. The molecule has 0 spiro atoms. The second-order valence-corrected chi connectivity index (χ2v) is 6.98. The predicted molar refractivity (Wildman–Crippen MR) is 74.8 cm³/mol. The fourth-order valence-corrected chi connectivity index (χ4v) is 4.63. The number of hydrogen-bond acceptors (Lipinski definition) is 4. The maximum atomic E-state index is 4.38. The van der Waals surface area contributed by atoms with Crippen LogP contribution in [0.5, 0.6) is 0 Å². The second kappa shape index (κ2) is 5.66. The van der Waals surface area contributed by atoms with Crippen molar-refractivity contribution in [3.8, 4) is 0 Å². The van der Waals surface area contributed by atoms with Crippen LogP contribution in [0.4, 0.5) is 0 Å². The molecule has 0 aliphatic heterocycles. The molecule has 1 aromatic rings. The highest BCUT2D eigenvalue weighted by Gasteiger charge is 2.39. The topological polar surface area (TPSA) is 37.8 Å². The number of nitrogens with zero attached hydrogens (tertiary/aromatic N) is 2. The van der Waals surface area contributed by atoms with Crippen molar-refractivity contribution in [3.63, 3.8) is 0 Å². The summed E-state index contributed by atoms with van der Waals surface area (Å²) in [6.07, 6.45) is 8.14. The van der Waals surface area contributed by atoms with Crippen LogP contribution in [0.1, 0.15) is 42.6 Å². The molecule has 3 atom stereocenters. The first-order valence-corrected chi connectivity index (χ1v) is 8.18. The van der Waals surface area contributed by atoms with Gasteiger partial charge in [0.25, 0.3) is 0 Å². The Morgan fingerprint density at radius 3 is 2.83 bits per heavy atom. The Bertz CT molecular complexity index is 390. The molecule has 18 heavy (non-hydrogen) atoms. The highest BCUT2D eigenvalue weighted by atomic mass is 32.1. The van der Waals surface area contributed by atoms with Gasteiger partial charge in [-0.05, 0) is 43.6 Å². The summed E-state index contributed by atoms with van der Waals surface area (Å²) in [5.41, 5.74) is 0. The van der Waals surface area contributed by atoms with Crippen LogP contribution < -0.4 is 5.32 Å². The molecule has 0 amide bonds. The van der Waals surface area contributed by atoms with E-state index in [0.29, 0.717) is 0 Å². The van der Waals surface area contributed by atoms with Gasteiger partial charge in [-0.25, -0.2) is 0 Å². The Morgan fingerprint density at radius 2 is 2.11 bits per heavy atom. The molecule has 2 bridgehead atoms. The van der Waals surface area contributed by atoms with E-state index < -0.39 is 0 Å². The van der Waals surface area contributed by atoms with Crippen molar-refractivity contribution < 1.29 is 0 Å². The summed E-state index contributed by atoms with van der Waals surface area (Å²) in [5.74, 6) is 2.96. The first-order valence-electron chi connectivity index (χ1n) is 7.37. The van der Waals surface area contributed by atoms with E-state index in [9.17, 15) is 0 Å². The molecule has 2 fully saturated rings. The molecule has 4 heteroatoms. The zero-order chi connectivity index (χ0) is 12.4. The minimum atomic E-state index is 0.915. The van der Waals surface area contributed by atoms with Crippen molar-refractivity contribution >= 4 is 11.3 Å². The molecule has 3 unspecified atom stereocenters. The van der Waals surface area contributed by atoms with E-state index >= 15 is 0 Å². The molecule has 1 N–H and O–H groups in total. The van der Waals surface area contributed by atoms with Gasteiger partial charge in [-0.2, -0.15) is 0 Å². The van der Waals surface area contributed by atoms with Crippen LogP contribution in [0.15, 0.2) is 0 Å². The lowest BCUT2D eigenvalue weighted by molar-refractivity contribution is 0.331. The number of likely N-dealkylation sites (N-methyl/N-ethyl adjacent to an activating group) is 1. The smallest absolute Gasteiger partial charge is 0.118 e. The van der Waals surface area contributed by atoms with Crippen molar-refractivity contribution in [2.75, 3.05) is 13.1 Å². The minimum Gasteiger partial charge on any atom is -0.317 e. The molecule has 0 aromatic carbocycles. The lowest BCUT2D eigenvalue weighted by Gasteiger charge is -2.19. The maximum absolute atomic E-state index is 4.38. The molecular weight excluding hydrogens is 242 g/mol. The number of aromatic nitrogens is 2. The van der Waals surface area contributed by atoms with Crippen LogP contribution in [0, 0.1) is 17.8 Å². The standard InChI is InChI=1S/C14H23N3S/c1-2-15-6-5-13-16-17-14(18-13)9-12-8-10-3-4-11(12)7-10/h10-12,15H,2-9H2,1H3. The van der Waals surface area contributed by atoms with Crippen molar-refractivity contribution in [2.45, 2.75) is 45.4 Å². The summed E-state index contributed by atoms with van der Waals surface area (Å²) in [4.78, 5) is 0. The highest BCUT2D eigenvalue weighted by molar-refractivity contribution is 7.11. The van der Waals surface area contributed by atoms with E-state index in [2.05, 4.69) is 22.4 Å². The Morgan fingerprint density at radius 1 is 1.22 bits per heavy atom. The zero-order valence-electron chi connectivity index (χ0n) is 11.2. The highest BCUT2D eigenvalue weighted by Crippen LogP contribution is 2.49. The number of fused-ring (bicyclic) bond motifs is 2. The Labute approximate surface area is 113 Å². The molecule has 0 radical (unpaired) electrons. The van der Waals surface area contributed by atoms with Gasteiger partial charge in [0.15, 0.2) is 0 Å². The Hall–Kier alpha value is -0.480. The number of nitrogens with one attached hydrogen (secondary N) is 1. The van der Waals surface area contributed by atoms with Gasteiger partial charge in [-0.15, -0.1) is 21.5 Å². The van der Waals surface area contributed by atoms with Crippen LogP contribution >= 0.6 is 11.3 Å². The third kappa shape index (κ3) is 2.75. The first kappa shape index (κ1) is 12.5. The van der Waals surface area contributed by atoms with Crippen molar-refractivity contribution in [1.82, 2.24) is 15.5 Å². The molecule has 2 saturated carbocycles. The monoisotopic (exact) mass is 265 g/mol. The Kier molecular flexibility index (Phi) is 3.94. The predicted octanol–water partition coefficient (Wildman–Crippen LogP) is 2.67. The normalized spacial score (nSPS) is 30.2. The summed E-state index contributed by atoms with van der Waals surface area (Å²) in [6.45, 7) is 4.21. The molecule has 1 aromatic heterocycles. The van der Waals surface area contributed by atoms with Gasteiger partial charge in [-0.1, -0.05) is 13.3 Å². The maximum Gasteiger partial charge on any atom is 0.118 e. The van der Waals surface area contributed by atoms with E-state index in [1.807, 2.05) is 11.3 Å². The van der Waals surface area contributed by atoms with E-state index in [4.69, 9.17) is 0 Å². The van der Waals surface area contributed by atoms with E-state index in [0.717, 1.165) is 37.3 Å². The molecule has 3 rings (SSSR count). The van der Waals surface area contributed by atoms with E-state index in [-0.39, 0.29) is 0 Å². The van der Waals surface area contributed by atoms with Crippen molar-refractivity contribution in [2.24, 2.45) is 17.8 Å².